The lowest BCUT2D eigenvalue weighted by atomic mass is 9.82. The smallest absolute Gasteiger partial charge is 0.269 e. The SMILES string of the molecule is COc1ccc([Si](C)(C)[C@@H]2[C@@H](CC(=O)N(CCO)Cc3ccccc3)O[C@]3(C(=O)N(Cc4cccc(NC(=O)c5ccccc5)c4)c4ccc([N+](=O)[O-])cc43)[C@H]2C)cc1. The van der Waals surface area contributed by atoms with E-state index in [-0.39, 0.29) is 61.6 Å². The zero-order chi connectivity index (χ0) is 41.9. The number of carbonyl (C=O) groups excluding carboxylic acids is 3. The number of hydrogen-bond donors (Lipinski definition) is 2. The van der Waals surface area contributed by atoms with Crippen molar-refractivity contribution in [1.29, 1.82) is 0 Å². The Labute approximate surface area is 344 Å². The van der Waals surface area contributed by atoms with Crippen molar-refractivity contribution in [1.82, 2.24) is 4.90 Å². The summed E-state index contributed by atoms with van der Waals surface area (Å²) < 4.78 is 12.6. The van der Waals surface area contributed by atoms with Crippen molar-refractivity contribution in [3.63, 3.8) is 0 Å². The third-order valence-corrected chi connectivity index (χ3v) is 16.3. The Kier molecular flexibility index (Phi) is 11.8. The van der Waals surface area contributed by atoms with Gasteiger partial charge < -0.3 is 29.7 Å². The minimum absolute atomic E-state index is 0.0725. The van der Waals surface area contributed by atoms with Gasteiger partial charge in [0.15, 0.2) is 5.60 Å². The summed E-state index contributed by atoms with van der Waals surface area (Å²) in [5.41, 5.74) is 1.37. The summed E-state index contributed by atoms with van der Waals surface area (Å²) in [6.07, 6.45) is -0.831. The second-order valence-corrected chi connectivity index (χ2v) is 20.4. The molecular weight excluding hydrogens is 765 g/mol. The van der Waals surface area contributed by atoms with E-state index in [0.29, 0.717) is 33.8 Å². The van der Waals surface area contributed by atoms with E-state index in [1.54, 1.807) is 65.4 Å². The van der Waals surface area contributed by atoms with Crippen molar-refractivity contribution in [2.45, 2.75) is 56.8 Å². The number of nitrogens with one attached hydrogen (secondary N) is 1. The van der Waals surface area contributed by atoms with E-state index in [9.17, 15) is 24.8 Å². The van der Waals surface area contributed by atoms with Gasteiger partial charge >= 0.3 is 0 Å². The standard InChI is InChI=1S/C46H48N4O8Si/c1-31-43(59(3,4)38-21-19-37(57-2)20-22-38)41(28-42(52)48(24-25-51)29-32-12-7-5-8-13-32)58-46(31)39-27-36(50(55)56)18-23-40(39)49(45(46)54)30-33-14-11-17-35(26-33)47-44(53)34-15-9-6-10-16-34/h5-23,26-27,31,41,43,51H,24-25,28-30H2,1-4H3,(H,47,53)/t31-,41+,43-,46+/m0/s1. The molecule has 1 fully saturated rings. The molecule has 2 N–H and O–H groups in total. The molecule has 12 nitrogen and oxygen atoms in total. The van der Waals surface area contributed by atoms with Crippen LogP contribution in [0.5, 0.6) is 5.75 Å². The highest BCUT2D eigenvalue weighted by molar-refractivity contribution is 6.91. The zero-order valence-corrected chi connectivity index (χ0v) is 34.5. The maximum absolute atomic E-state index is 15.4. The molecule has 1 saturated heterocycles. The molecule has 2 aliphatic rings. The molecule has 2 aliphatic heterocycles. The van der Waals surface area contributed by atoms with Gasteiger partial charge in [0.05, 0.1) is 51.5 Å². The summed E-state index contributed by atoms with van der Waals surface area (Å²) in [6, 6.07) is 37.9. The molecule has 4 atom stereocenters. The lowest BCUT2D eigenvalue weighted by Gasteiger charge is -2.37. The van der Waals surface area contributed by atoms with Crippen LogP contribution in [0, 0.1) is 16.0 Å². The summed E-state index contributed by atoms with van der Waals surface area (Å²) in [5.74, 6) is -0.724. The topological polar surface area (TPSA) is 152 Å². The van der Waals surface area contributed by atoms with E-state index in [1.165, 1.54) is 12.1 Å². The van der Waals surface area contributed by atoms with Gasteiger partial charge in [0.2, 0.25) is 5.91 Å². The monoisotopic (exact) mass is 812 g/mol. The maximum Gasteiger partial charge on any atom is 0.269 e. The summed E-state index contributed by atoms with van der Waals surface area (Å²) in [4.78, 5) is 57.8. The molecule has 0 radical (unpaired) electrons. The number of nitro benzene ring substituents is 1. The van der Waals surface area contributed by atoms with Gasteiger partial charge in [-0.05, 0) is 59.1 Å². The first kappa shape index (κ1) is 41.0. The molecule has 2 heterocycles. The van der Waals surface area contributed by atoms with Crippen LogP contribution < -0.4 is 20.1 Å². The predicted molar refractivity (Wildman–Crippen MR) is 228 cm³/mol. The summed E-state index contributed by atoms with van der Waals surface area (Å²) in [6.45, 7) is 6.61. The fourth-order valence-electron chi connectivity index (χ4n) is 9.01. The summed E-state index contributed by atoms with van der Waals surface area (Å²) in [5, 5.41) is 26.3. The van der Waals surface area contributed by atoms with Crippen molar-refractivity contribution in [3.8, 4) is 5.75 Å². The largest absolute Gasteiger partial charge is 0.497 e. The highest BCUT2D eigenvalue weighted by atomic mass is 28.3. The van der Waals surface area contributed by atoms with E-state index < -0.39 is 30.6 Å². The van der Waals surface area contributed by atoms with Gasteiger partial charge in [-0.15, -0.1) is 0 Å². The van der Waals surface area contributed by atoms with Crippen LogP contribution in [0.4, 0.5) is 17.1 Å². The third kappa shape index (κ3) is 8.01. The van der Waals surface area contributed by atoms with Crippen LogP contribution in [0.15, 0.2) is 127 Å². The van der Waals surface area contributed by atoms with Crippen LogP contribution in [-0.4, -0.2) is 67.1 Å². The van der Waals surface area contributed by atoms with Crippen molar-refractivity contribution < 1.29 is 33.9 Å². The van der Waals surface area contributed by atoms with Crippen LogP contribution in [0.2, 0.25) is 18.6 Å². The summed E-state index contributed by atoms with van der Waals surface area (Å²) in [7, 11) is -1.07. The molecule has 3 amide bonds. The minimum atomic E-state index is -2.68. The van der Waals surface area contributed by atoms with E-state index in [1.807, 2.05) is 73.7 Å². The molecule has 1 spiro atoms. The minimum Gasteiger partial charge on any atom is -0.497 e. The molecule has 304 valence electrons. The second-order valence-electron chi connectivity index (χ2n) is 15.8. The number of non-ortho nitro benzene ring substituents is 1. The molecule has 7 rings (SSSR count). The van der Waals surface area contributed by atoms with Gasteiger partial charge in [0.25, 0.3) is 17.5 Å². The molecule has 0 unspecified atom stereocenters. The highest BCUT2D eigenvalue weighted by Crippen LogP contribution is 2.60. The number of benzene rings is 5. The fourth-order valence-corrected chi connectivity index (χ4v) is 13.0. The van der Waals surface area contributed by atoms with Crippen molar-refractivity contribution >= 4 is 48.0 Å². The average molecular weight is 813 g/mol. The van der Waals surface area contributed by atoms with Gasteiger partial charge in [0, 0.05) is 48.0 Å². The van der Waals surface area contributed by atoms with Gasteiger partial charge in [-0.2, -0.15) is 0 Å². The number of methoxy groups -OCH3 is 1. The normalized spacial score (nSPS) is 19.7. The lowest BCUT2D eigenvalue weighted by molar-refractivity contribution is -0.385. The van der Waals surface area contributed by atoms with Crippen molar-refractivity contribution in [3.05, 3.63) is 160 Å². The molecule has 13 heteroatoms. The van der Waals surface area contributed by atoms with E-state index in [0.717, 1.165) is 10.8 Å². The Morgan fingerprint density at radius 3 is 2.27 bits per heavy atom. The molecule has 5 aromatic carbocycles. The van der Waals surface area contributed by atoms with E-state index in [4.69, 9.17) is 9.47 Å². The number of ether oxygens (including phenoxy) is 2. The van der Waals surface area contributed by atoms with Crippen LogP contribution in [0.1, 0.15) is 40.4 Å². The molecule has 0 aromatic heterocycles. The van der Waals surface area contributed by atoms with Crippen LogP contribution >= 0.6 is 0 Å². The van der Waals surface area contributed by atoms with Gasteiger partial charge in [-0.1, -0.05) is 98.0 Å². The number of rotatable bonds is 14. The number of fused-ring (bicyclic) bond motifs is 2. The summed E-state index contributed by atoms with van der Waals surface area (Å²) >= 11 is 0. The van der Waals surface area contributed by atoms with Crippen LogP contribution in [0.25, 0.3) is 0 Å². The number of carbonyl (C=O) groups is 3. The molecule has 0 aliphatic carbocycles. The quantitative estimate of drug-likeness (QED) is 0.0690. The Hall–Kier alpha value is -6.15. The Morgan fingerprint density at radius 2 is 1.61 bits per heavy atom. The van der Waals surface area contributed by atoms with Crippen LogP contribution in [0.3, 0.4) is 0 Å². The number of aliphatic hydroxyl groups is 1. The number of amides is 3. The lowest BCUT2D eigenvalue weighted by Crippen LogP contribution is -2.52. The third-order valence-electron chi connectivity index (χ3n) is 11.9. The van der Waals surface area contributed by atoms with Crippen LogP contribution in [-0.2, 0) is 33.0 Å². The van der Waals surface area contributed by atoms with Gasteiger partial charge in [0.1, 0.15) is 5.75 Å². The first-order valence-electron chi connectivity index (χ1n) is 19.7. The van der Waals surface area contributed by atoms with Crippen molar-refractivity contribution in [2.75, 3.05) is 30.5 Å². The zero-order valence-electron chi connectivity index (χ0n) is 33.5. The molecule has 0 bridgehead atoms. The van der Waals surface area contributed by atoms with E-state index in [2.05, 4.69) is 18.4 Å². The molecular formula is C46H48N4O8Si. The first-order valence-corrected chi connectivity index (χ1v) is 22.8. The Bertz CT molecular complexity index is 2340. The predicted octanol–water partition coefficient (Wildman–Crippen LogP) is 7.03. The number of anilines is 2. The Morgan fingerprint density at radius 1 is 0.932 bits per heavy atom. The fraction of sp³-hybridized carbons (Fsp3) is 0.283. The molecule has 59 heavy (non-hydrogen) atoms. The first-order chi connectivity index (χ1) is 28.4. The molecule has 5 aromatic rings. The number of hydrogen-bond acceptors (Lipinski definition) is 8. The number of nitrogens with zero attached hydrogens (tertiary/aromatic N) is 3. The Balaban J connectivity index is 1.28. The number of nitro groups is 1. The van der Waals surface area contributed by atoms with E-state index >= 15 is 4.79 Å². The molecule has 0 saturated carbocycles. The second kappa shape index (κ2) is 17.0. The number of aliphatic hydroxyl groups excluding tert-OH is 1. The van der Waals surface area contributed by atoms with Crippen molar-refractivity contribution in [2.24, 2.45) is 5.92 Å². The average Bonchev–Trinajstić information content (AvgIpc) is 3.66. The van der Waals surface area contributed by atoms with Gasteiger partial charge in [-0.3, -0.25) is 24.5 Å². The van der Waals surface area contributed by atoms with Gasteiger partial charge in [-0.25, -0.2) is 0 Å². The maximum atomic E-state index is 15.4. The highest BCUT2D eigenvalue weighted by Gasteiger charge is 2.66.